The number of hydrogen-bond donors (Lipinski definition) is 1. The zero-order valence-corrected chi connectivity index (χ0v) is 16.7. The Bertz CT molecular complexity index is 1030. The molecule has 1 aliphatic heterocycles. The molecule has 4 rings (SSSR count). The van der Waals surface area contributed by atoms with E-state index in [-0.39, 0.29) is 5.91 Å². The molecule has 0 unspecified atom stereocenters. The van der Waals surface area contributed by atoms with Gasteiger partial charge in [-0.1, -0.05) is 30.3 Å². The number of aromatic nitrogens is 1. The number of rotatable bonds is 3. The van der Waals surface area contributed by atoms with Crippen LogP contribution < -0.4 is 10.1 Å². The molecule has 5 nitrogen and oxygen atoms in total. The van der Waals surface area contributed by atoms with Crippen molar-refractivity contribution >= 4 is 28.6 Å². The number of carbonyl (C=O) groups is 1. The Balaban J connectivity index is 1.67. The van der Waals surface area contributed by atoms with Crippen molar-refractivity contribution in [3.8, 4) is 5.75 Å². The van der Waals surface area contributed by atoms with Crippen LogP contribution in [0.3, 0.4) is 0 Å². The molecule has 6 heteroatoms. The summed E-state index contributed by atoms with van der Waals surface area (Å²) in [6, 6.07) is 15.5. The van der Waals surface area contributed by atoms with E-state index in [0.29, 0.717) is 31.0 Å². The van der Waals surface area contributed by atoms with Crippen molar-refractivity contribution in [2.75, 3.05) is 13.2 Å². The lowest BCUT2D eigenvalue weighted by Crippen LogP contribution is -2.41. The number of hydrogen-bond acceptors (Lipinski definition) is 4. The first-order valence-electron chi connectivity index (χ1n) is 9.28. The summed E-state index contributed by atoms with van der Waals surface area (Å²) in [7, 11) is 0. The molecular weight excluding hydrogens is 374 g/mol. The van der Waals surface area contributed by atoms with Gasteiger partial charge in [0.2, 0.25) is 0 Å². The molecule has 144 valence electrons. The van der Waals surface area contributed by atoms with Crippen LogP contribution in [-0.2, 0) is 12.1 Å². The summed E-state index contributed by atoms with van der Waals surface area (Å²) in [4.78, 5) is 17.6. The molecule has 0 bridgehead atoms. The molecular formula is C22H22ClN3O2. The lowest BCUT2D eigenvalue weighted by molar-refractivity contribution is 0.0908. The van der Waals surface area contributed by atoms with Gasteiger partial charge >= 0.3 is 0 Å². The van der Waals surface area contributed by atoms with E-state index in [4.69, 9.17) is 16.5 Å². The Kier molecular flexibility index (Phi) is 4.96. The minimum absolute atomic E-state index is 0.175. The molecule has 1 amide bonds. The van der Waals surface area contributed by atoms with Gasteiger partial charge in [0, 0.05) is 30.2 Å². The number of nitrogens with zero attached hydrogens (tertiary/aromatic N) is 2. The highest BCUT2D eigenvalue weighted by molar-refractivity contribution is 6.13. The molecule has 0 aliphatic carbocycles. The number of nitrogens with one attached hydrogen (secondary N) is 1. The van der Waals surface area contributed by atoms with E-state index >= 15 is 0 Å². The van der Waals surface area contributed by atoms with E-state index in [0.717, 1.165) is 22.0 Å². The van der Waals surface area contributed by atoms with Crippen molar-refractivity contribution in [3.05, 3.63) is 71.4 Å². The number of ether oxygens (including phenoxy) is 1. The van der Waals surface area contributed by atoms with Gasteiger partial charge in [0.15, 0.2) is 0 Å². The van der Waals surface area contributed by atoms with E-state index in [1.165, 1.54) is 0 Å². The molecule has 0 fully saturated rings. The van der Waals surface area contributed by atoms with Crippen molar-refractivity contribution in [1.29, 1.82) is 0 Å². The topological polar surface area (TPSA) is 54.5 Å². The van der Waals surface area contributed by atoms with Crippen LogP contribution in [0, 0.1) is 0 Å². The summed E-state index contributed by atoms with van der Waals surface area (Å²) < 4.78 is 7.53. The molecule has 0 saturated heterocycles. The maximum atomic E-state index is 13.2. The predicted molar refractivity (Wildman–Crippen MR) is 110 cm³/mol. The largest absolute Gasteiger partial charge is 0.491 e. The molecule has 1 N–H and O–H groups in total. The summed E-state index contributed by atoms with van der Waals surface area (Å²) in [6.45, 7) is 5.58. The molecule has 2 heterocycles. The molecule has 3 aromatic rings. The SMILES string of the molecule is CC(C)(NC(=O)c1cccc2c1OCCN(Cl)C2)c1cccc2ncccc12. The first-order chi connectivity index (χ1) is 13.5. The number of halogens is 1. The van der Waals surface area contributed by atoms with Gasteiger partial charge < -0.3 is 10.1 Å². The first kappa shape index (κ1) is 18.7. The van der Waals surface area contributed by atoms with E-state index in [1.54, 1.807) is 16.7 Å². The molecule has 1 aromatic heterocycles. The molecule has 0 atom stereocenters. The Morgan fingerprint density at radius 3 is 2.86 bits per heavy atom. The molecule has 0 radical (unpaired) electrons. The average molecular weight is 396 g/mol. The van der Waals surface area contributed by atoms with E-state index in [9.17, 15) is 4.79 Å². The van der Waals surface area contributed by atoms with Crippen LogP contribution in [0.25, 0.3) is 10.9 Å². The third-order valence-corrected chi connectivity index (χ3v) is 5.30. The number of benzene rings is 2. The fourth-order valence-electron chi connectivity index (χ4n) is 3.64. The predicted octanol–water partition coefficient (Wildman–Crippen LogP) is 4.25. The van der Waals surface area contributed by atoms with Crippen LogP contribution in [0.2, 0.25) is 0 Å². The second kappa shape index (κ2) is 7.41. The van der Waals surface area contributed by atoms with Crippen molar-refractivity contribution < 1.29 is 9.53 Å². The summed E-state index contributed by atoms with van der Waals surface area (Å²) in [5, 5.41) is 4.19. The average Bonchev–Trinajstić information content (AvgIpc) is 2.87. The Labute approximate surface area is 169 Å². The van der Waals surface area contributed by atoms with Crippen molar-refractivity contribution in [1.82, 2.24) is 14.7 Å². The second-order valence-electron chi connectivity index (χ2n) is 7.44. The number of carbonyl (C=O) groups excluding carboxylic acids is 1. The third-order valence-electron chi connectivity index (χ3n) is 5.01. The van der Waals surface area contributed by atoms with Crippen molar-refractivity contribution in [2.45, 2.75) is 25.9 Å². The summed E-state index contributed by atoms with van der Waals surface area (Å²) in [5.41, 5.74) is 2.76. The van der Waals surface area contributed by atoms with Crippen LogP contribution in [0.15, 0.2) is 54.7 Å². The summed E-state index contributed by atoms with van der Waals surface area (Å²) >= 11 is 6.17. The van der Waals surface area contributed by atoms with Crippen LogP contribution in [0.5, 0.6) is 5.75 Å². The first-order valence-corrected chi connectivity index (χ1v) is 9.62. The van der Waals surface area contributed by atoms with Gasteiger partial charge in [0.05, 0.1) is 16.6 Å². The van der Waals surface area contributed by atoms with Gasteiger partial charge in [-0.25, -0.2) is 4.42 Å². The number of amides is 1. The summed E-state index contributed by atoms with van der Waals surface area (Å²) in [6.07, 6.45) is 1.77. The highest BCUT2D eigenvalue weighted by Gasteiger charge is 2.28. The minimum Gasteiger partial charge on any atom is -0.491 e. The number of pyridine rings is 1. The number of fused-ring (bicyclic) bond motifs is 2. The molecule has 1 aliphatic rings. The Morgan fingerprint density at radius 2 is 2.00 bits per heavy atom. The monoisotopic (exact) mass is 395 g/mol. The van der Waals surface area contributed by atoms with Gasteiger partial charge in [0.1, 0.15) is 12.4 Å². The lowest BCUT2D eigenvalue weighted by Gasteiger charge is -2.28. The minimum atomic E-state index is -0.592. The van der Waals surface area contributed by atoms with Gasteiger partial charge in [-0.2, -0.15) is 0 Å². The maximum absolute atomic E-state index is 13.2. The molecule has 2 aromatic carbocycles. The van der Waals surface area contributed by atoms with Crippen LogP contribution in [0.1, 0.15) is 35.3 Å². The highest BCUT2D eigenvalue weighted by Crippen LogP contribution is 2.31. The quantitative estimate of drug-likeness (QED) is 0.673. The van der Waals surface area contributed by atoms with E-state index in [2.05, 4.69) is 10.3 Å². The zero-order valence-electron chi connectivity index (χ0n) is 15.9. The van der Waals surface area contributed by atoms with Gasteiger partial charge in [-0.15, -0.1) is 0 Å². The van der Waals surface area contributed by atoms with Crippen molar-refractivity contribution in [2.24, 2.45) is 0 Å². The smallest absolute Gasteiger partial charge is 0.255 e. The van der Waals surface area contributed by atoms with Crippen LogP contribution in [-0.4, -0.2) is 28.5 Å². The van der Waals surface area contributed by atoms with Gasteiger partial charge in [-0.3, -0.25) is 9.78 Å². The normalized spacial score (nSPS) is 14.8. The third kappa shape index (κ3) is 3.55. The zero-order chi connectivity index (χ0) is 19.7. The Hall–Kier alpha value is -2.63. The van der Waals surface area contributed by atoms with Gasteiger partial charge in [-0.05, 0) is 49.4 Å². The van der Waals surface area contributed by atoms with Crippen molar-refractivity contribution in [3.63, 3.8) is 0 Å². The Morgan fingerprint density at radius 1 is 1.18 bits per heavy atom. The van der Waals surface area contributed by atoms with Gasteiger partial charge in [0.25, 0.3) is 5.91 Å². The molecule has 0 spiro atoms. The maximum Gasteiger partial charge on any atom is 0.255 e. The van der Waals surface area contributed by atoms with E-state index in [1.807, 2.05) is 56.3 Å². The van der Waals surface area contributed by atoms with E-state index < -0.39 is 5.54 Å². The molecule has 0 saturated carbocycles. The fourth-order valence-corrected chi connectivity index (χ4v) is 3.83. The molecule has 28 heavy (non-hydrogen) atoms. The highest BCUT2D eigenvalue weighted by atomic mass is 35.5. The van der Waals surface area contributed by atoms with Crippen LogP contribution in [0.4, 0.5) is 0 Å². The second-order valence-corrected chi connectivity index (χ2v) is 7.92. The van der Waals surface area contributed by atoms with Crippen LogP contribution >= 0.6 is 11.8 Å². The fraction of sp³-hybridized carbons (Fsp3) is 0.273. The number of para-hydroxylation sites is 1. The summed E-state index contributed by atoms with van der Waals surface area (Å²) in [5.74, 6) is 0.435. The standard InChI is InChI=1S/C22H22ClN3O2/c1-22(2,18-9-4-10-19-16(18)8-5-11-24-19)25-21(27)17-7-3-6-15-14-26(23)12-13-28-20(15)17/h3-11H,12-14H2,1-2H3,(H,25,27). The lowest BCUT2D eigenvalue weighted by atomic mass is 9.90.